The van der Waals surface area contributed by atoms with E-state index >= 15 is 0 Å². The summed E-state index contributed by atoms with van der Waals surface area (Å²) in [6, 6.07) is 0.279. The summed E-state index contributed by atoms with van der Waals surface area (Å²) < 4.78 is 3.14. The van der Waals surface area contributed by atoms with Gasteiger partial charge in [0.25, 0.3) is 0 Å². The number of ketones is 1. The molecule has 2 aromatic heterocycles. The Morgan fingerprint density at radius 1 is 1.56 bits per heavy atom. The average molecular weight is 267 g/mol. The summed E-state index contributed by atoms with van der Waals surface area (Å²) in [6.45, 7) is 1.70. The Morgan fingerprint density at radius 3 is 2.89 bits per heavy atom. The monoisotopic (exact) mass is 266 g/mol. The molecule has 0 amide bonds. The second-order valence-corrected chi connectivity index (χ2v) is 4.60. The second-order valence-electron chi connectivity index (χ2n) is 4.19. The molecule has 94 valence electrons. The summed E-state index contributed by atoms with van der Waals surface area (Å²) in [7, 11) is 1.67. The van der Waals surface area contributed by atoms with Crippen molar-refractivity contribution in [1.29, 1.82) is 0 Å². The van der Waals surface area contributed by atoms with Crippen LogP contribution in [0.3, 0.4) is 0 Å². The van der Waals surface area contributed by atoms with E-state index < -0.39 is 0 Å². The van der Waals surface area contributed by atoms with Gasteiger partial charge in [-0.3, -0.25) is 9.48 Å². The molecule has 1 N–H and O–H groups in total. The Kier molecular flexibility index (Phi) is 2.64. The number of rotatable bonds is 3. The molecule has 7 nitrogen and oxygen atoms in total. The van der Waals surface area contributed by atoms with Crippen molar-refractivity contribution in [3.05, 3.63) is 28.8 Å². The van der Waals surface area contributed by atoms with Crippen molar-refractivity contribution in [3.8, 4) is 0 Å². The number of hydrogen-bond donors (Lipinski definition) is 1. The molecule has 0 atom stereocenters. The normalized spacial score (nSPS) is 15.7. The van der Waals surface area contributed by atoms with Gasteiger partial charge in [-0.25, -0.2) is 4.68 Å². The molecule has 3 rings (SSSR count). The van der Waals surface area contributed by atoms with E-state index in [1.54, 1.807) is 17.9 Å². The van der Waals surface area contributed by atoms with Crippen LogP contribution in [0.25, 0.3) is 0 Å². The summed E-state index contributed by atoms with van der Waals surface area (Å²) in [5.74, 6) is -0.265. The van der Waals surface area contributed by atoms with Crippen LogP contribution in [0.5, 0.6) is 0 Å². The van der Waals surface area contributed by atoms with Gasteiger partial charge in [-0.1, -0.05) is 16.8 Å². The highest BCUT2D eigenvalue weighted by Crippen LogP contribution is 2.18. The summed E-state index contributed by atoms with van der Waals surface area (Å²) in [6.07, 6.45) is 3.09. The van der Waals surface area contributed by atoms with Crippen molar-refractivity contribution in [2.45, 2.75) is 6.04 Å². The van der Waals surface area contributed by atoms with E-state index in [-0.39, 0.29) is 17.5 Å². The van der Waals surface area contributed by atoms with Crippen molar-refractivity contribution in [2.24, 2.45) is 7.05 Å². The fourth-order valence-corrected chi connectivity index (χ4v) is 2.06. The first-order valence-electron chi connectivity index (χ1n) is 5.51. The van der Waals surface area contributed by atoms with E-state index in [0.717, 1.165) is 13.1 Å². The first-order valence-corrected chi connectivity index (χ1v) is 5.89. The molecule has 0 saturated carbocycles. The van der Waals surface area contributed by atoms with E-state index in [4.69, 9.17) is 11.6 Å². The van der Waals surface area contributed by atoms with Crippen LogP contribution < -0.4 is 5.32 Å². The highest BCUT2D eigenvalue weighted by molar-refractivity contribution is 6.34. The van der Waals surface area contributed by atoms with Gasteiger partial charge in [0, 0.05) is 20.1 Å². The zero-order chi connectivity index (χ0) is 12.7. The third kappa shape index (κ3) is 1.72. The van der Waals surface area contributed by atoms with Gasteiger partial charge in [0.15, 0.2) is 5.69 Å². The number of carbonyl (C=O) groups is 1. The molecule has 0 radical (unpaired) electrons. The Morgan fingerprint density at radius 2 is 2.33 bits per heavy atom. The van der Waals surface area contributed by atoms with Crippen molar-refractivity contribution >= 4 is 17.4 Å². The highest BCUT2D eigenvalue weighted by Gasteiger charge is 2.24. The van der Waals surface area contributed by atoms with Gasteiger partial charge in [-0.2, -0.15) is 5.10 Å². The molecule has 2 aromatic rings. The first kappa shape index (κ1) is 11.4. The fourth-order valence-electron chi connectivity index (χ4n) is 1.81. The van der Waals surface area contributed by atoms with Crippen molar-refractivity contribution in [1.82, 2.24) is 30.1 Å². The molecular formula is C10H11ClN6O. The minimum Gasteiger partial charge on any atom is -0.312 e. The maximum Gasteiger partial charge on any atom is 0.234 e. The molecule has 0 unspecified atom stereocenters. The highest BCUT2D eigenvalue weighted by atomic mass is 35.5. The standard InChI is InChI=1S/C10H11ClN6O/c1-16-9(7(11)4-13-16)10(18)8-5-17(15-14-8)6-2-12-3-6/h4-6,12H,2-3H2,1H3. The number of carbonyl (C=O) groups excluding carboxylic acids is 1. The predicted octanol–water partition coefficient (Wildman–Crippen LogP) is 0.0403. The van der Waals surface area contributed by atoms with Crippen LogP contribution in [0.15, 0.2) is 12.4 Å². The van der Waals surface area contributed by atoms with Crippen molar-refractivity contribution in [3.63, 3.8) is 0 Å². The first-order chi connectivity index (χ1) is 8.66. The van der Waals surface area contributed by atoms with Gasteiger partial charge in [-0.15, -0.1) is 5.10 Å². The Hall–Kier alpha value is -1.73. The SMILES string of the molecule is Cn1ncc(Cl)c1C(=O)c1cn(C2CNC2)nn1. The van der Waals surface area contributed by atoms with E-state index in [2.05, 4.69) is 20.7 Å². The number of aryl methyl sites for hydroxylation is 1. The molecule has 0 bridgehead atoms. The molecule has 0 aliphatic carbocycles. The summed E-state index contributed by atoms with van der Waals surface area (Å²) >= 11 is 5.93. The van der Waals surface area contributed by atoms with E-state index in [1.807, 2.05) is 0 Å². The van der Waals surface area contributed by atoms with Crippen LogP contribution in [-0.4, -0.2) is 43.6 Å². The smallest absolute Gasteiger partial charge is 0.234 e. The van der Waals surface area contributed by atoms with Crippen LogP contribution >= 0.6 is 11.6 Å². The van der Waals surface area contributed by atoms with Crippen molar-refractivity contribution < 1.29 is 4.79 Å². The second kappa shape index (κ2) is 4.18. The number of nitrogens with zero attached hydrogens (tertiary/aromatic N) is 5. The number of hydrogen-bond acceptors (Lipinski definition) is 5. The largest absolute Gasteiger partial charge is 0.312 e. The molecule has 1 aliphatic heterocycles. The summed E-state index contributed by atoms with van der Waals surface area (Å²) in [5, 5.41) is 15.2. The lowest BCUT2D eigenvalue weighted by atomic mass is 10.2. The molecule has 1 saturated heterocycles. The van der Waals surface area contributed by atoms with Gasteiger partial charge < -0.3 is 5.32 Å². The zero-order valence-electron chi connectivity index (χ0n) is 9.67. The minimum absolute atomic E-state index is 0.265. The molecule has 1 fully saturated rings. The predicted molar refractivity (Wildman–Crippen MR) is 63.6 cm³/mol. The molecule has 0 aromatic carbocycles. The third-order valence-corrected chi connectivity index (χ3v) is 3.26. The van der Waals surface area contributed by atoms with E-state index in [1.165, 1.54) is 10.9 Å². The van der Waals surface area contributed by atoms with E-state index in [9.17, 15) is 4.79 Å². The number of aromatic nitrogens is 5. The number of nitrogens with one attached hydrogen (secondary N) is 1. The van der Waals surface area contributed by atoms with Crippen molar-refractivity contribution in [2.75, 3.05) is 13.1 Å². The molecule has 8 heteroatoms. The minimum atomic E-state index is -0.265. The summed E-state index contributed by atoms with van der Waals surface area (Å²) in [4.78, 5) is 12.2. The van der Waals surface area contributed by atoms with E-state index in [0.29, 0.717) is 10.7 Å². The van der Waals surface area contributed by atoms with Crippen LogP contribution in [0.1, 0.15) is 22.2 Å². The lowest BCUT2D eigenvalue weighted by Crippen LogP contribution is -2.43. The van der Waals surface area contributed by atoms with Crippen LogP contribution in [0.2, 0.25) is 5.02 Å². The quantitative estimate of drug-likeness (QED) is 0.794. The lowest BCUT2D eigenvalue weighted by molar-refractivity contribution is 0.102. The van der Waals surface area contributed by atoms with Crippen LogP contribution in [0.4, 0.5) is 0 Å². The average Bonchev–Trinajstić information content (AvgIpc) is 2.84. The van der Waals surface area contributed by atoms with Gasteiger partial charge in [0.05, 0.1) is 23.5 Å². The molecule has 18 heavy (non-hydrogen) atoms. The molecular weight excluding hydrogens is 256 g/mol. The zero-order valence-corrected chi connectivity index (χ0v) is 10.4. The summed E-state index contributed by atoms with van der Waals surface area (Å²) in [5.41, 5.74) is 0.614. The lowest BCUT2D eigenvalue weighted by Gasteiger charge is -2.26. The van der Waals surface area contributed by atoms with Gasteiger partial charge in [0.1, 0.15) is 5.69 Å². The topological polar surface area (TPSA) is 77.6 Å². The van der Waals surface area contributed by atoms with Crippen LogP contribution in [-0.2, 0) is 7.05 Å². The Labute approximate surface area is 108 Å². The number of halogens is 1. The Balaban J connectivity index is 1.90. The third-order valence-electron chi connectivity index (χ3n) is 2.99. The maximum absolute atomic E-state index is 12.2. The maximum atomic E-state index is 12.2. The molecule has 1 aliphatic rings. The van der Waals surface area contributed by atoms with Gasteiger partial charge in [0.2, 0.25) is 5.78 Å². The molecule has 3 heterocycles. The fraction of sp³-hybridized carbons (Fsp3) is 0.400. The van der Waals surface area contributed by atoms with Gasteiger partial charge in [-0.05, 0) is 0 Å². The van der Waals surface area contributed by atoms with Crippen LogP contribution in [0, 0.1) is 0 Å². The Bertz CT molecular complexity index is 580. The molecule has 0 spiro atoms. The van der Waals surface area contributed by atoms with Gasteiger partial charge >= 0.3 is 0 Å².